The lowest BCUT2D eigenvalue weighted by Gasteiger charge is -2.39. The van der Waals surface area contributed by atoms with E-state index in [1.807, 2.05) is 0 Å². The van der Waals surface area contributed by atoms with Crippen LogP contribution in [0, 0.1) is 5.41 Å². The normalized spacial score (nSPS) is 26.1. The molecule has 1 aliphatic carbocycles. The molecule has 2 rings (SSSR count). The Morgan fingerprint density at radius 3 is 2.23 bits per heavy atom. The van der Waals surface area contributed by atoms with Gasteiger partial charge in [0.25, 0.3) is 0 Å². The highest BCUT2D eigenvalue weighted by Gasteiger charge is 2.35. The van der Waals surface area contributed by atoms with Gasteiger partial charge in [-0.25, -0.2) is 13.2 Å². The minimum absolute atomic E-state index is 0.0864. The number of likely N-dealkylation sites (tertiary alicyclic amines) is 1. The van der Waals surface area contributed by atoms with Gasteiger partial charge in [0, 0.05) is 25.4 Å². The van der Waals surface area contributed by atoms with Crippen molar-refractivity contribution < 1.29 is 13.2 Å². The Morgan fingerprint density at radius 2 is 1.77 bits per heavy atom. The summed E-state index contributed by atoms with van der Waals surface area (Å²) >= 11 is 0. The summed E-state index contributed by atoms with van der Waals surface area (Å²) in [5.41, 5.74) is 0.469. The van der Waals surface area contributed by atoms with Gasteiger partial charge in [0.1, 0.15) is 0 Å². The fourth-order valence-electron chi connectivity index (χ4n) is 3.86. The Kier molecular flexibility index (Phi) is 5.41. The first kappa shape index (κ1) is 17.6. The molecule has 2 fully saturated rings. The molecule has 0 aromatic carbocycles. The predicted molar refractivity (Wildman–Crippen MR) is 88.6 cm³/mol. The summed E-state index contributed by atoms with van der Waals surface area (Å²) in [6.07, 6.45) is 8.68. The molecule has 1 N–H and O–H groups in total. The number of sulfone groups is 1. The summed E-state index contributed by atoms with van der Waals surface area (Å²) in [5.74, 6) is 0. The number of nitrogens with zero attached hydrogens (tertiary/aromatic N) is 1. The largest absolute Gasteiger partial charge is 0.335 e. The van der Waals surface area contributed by atoms with Crippen molar-refractivity contribution in [3.63, 3.8) is 0 Å². The molecule has 22 heavy (non-hydrogen) atoms. The molecule has 0 radical (unpaired) electrons. The van der Waals surface area contributed by atoms with Gasteiger partial charge in [0.2, 0.25) is 0 Å². The molecular formula is C16H30N2O3S. The molecule has 2 amide bonds. The van der Waals surface area contributed by atoms with Crippen LogP contribution in [0.5, 0.6) is 0 Å². The van der Waals surface area contributed by atoms with E-state index in [0.29, 0.717) is 24.9 Å². The van der Waals surface area contributed by atoms with Gasteiger partial charge in [-0.2, -0.15) is 0 Å². The summed E-state index contributed by atoms with van der Waals surface area (Å²) in [6.45, 7) is 5.41. The molecule has 128 valence electrons. The molecule has 0 spiro atoms. The standard InChI is InChI=1S/C16H30N2O3S/c1-4-16(5-2)9-6-13(7-10-16)17-15(19)18-11-8-14(12-18)22(3,20)21/h13-14H,4-12H2,1-3H3,(H,17,19)/t14-/m1/s1. The number of carbonyl (C=O) groups excluding carboxylic acids is 1. The van der Waals surface area contributed by atoms with Crippen molar-refractivity contribution in [2.24, 2.45) is 5.41 Å². The average Bonchev–Trinajstić information content (AvgIpc) is 2.98. The number of hydrogen-bond donors (Lipinski definition) is 1. The second-order valence-corrected chi connectivity index (χ2v) is 9.44. The van der Waals surface area contributed by atoms with Gasteiger partial charge in [0.15, 0.2) is 9.84 Å². The van der Waals surface area contributed by atoms with Crippen molar-refractivity contribution in [1.82, 2.24) is 10.2 Å². The Morgan fingerprint density at radius 1 is 1.18 bits per heavy atom. The molecule has 0 unspecified atom stereocenters. The van der Waals surface area contributed by atoms with E-state index in [-0.39, 0.29) is 12.1 Å². The van der Waals surface area contributed by atoms with Crippen molar-refractivity contribution in [3.05, 3.63) is 0 Å². The molecule has 1 saturated carbocycles. The van der Waals surface area contributed by atoms with E-state index in [2.05, 4.69) is 19.2 Å². The molecule has 0 aromatic heterocycles. The van der Waals surface area contributed by atoms with Crippen LogP contribution in [0.2, 0.25) is 0 Å². The lowest BCUT2D eigenvalue weighted by atomic mass is 9.69. The summed E-state index contributed by atoms with van der Waals surface area (Å²) in [5, 5.41) is 2.72. The smallest absolute Gasteiger partial charge is 0.317 e. The van der Waals surface area contributed by atoms with E-state index < -0.39 is 15.1 Å². The maximum atomic E-state index is 12.3. The van der Waals surface area contributed by atoms with Crippen LogP contribution in [0.15, 0.2) is 0 Å². The molecule has 1 saturated heterocycles. The molecule has 1 atom stereocenters. The molecular weight excluding hydrogens is 300 g/mol. The summed E-state index contributed by atoms with van der Waals surface area (Å²) in [7, 11) is -3.05. The third-order valence-corrected chi connectivity index (χ3v) is 7.51. The third kappa shape index (κ3) is 3.94. The Hall–Kier alpha value is -0.780. The minimum Gasteiger partial charge on any atom is -0.335 e. The van der Waals surface area contributed by atoms with Crippen LogP contribution in [0.4, 0.5) is 4.79 Å². The molecule has 1 heterocycles. The van der Waals surface area contributed by atoms with Gasteiger partial charge in [-0.1, -0.05) is 26.7 Å². The Labute approximate surface area is 134 Å². The van der Waals surface area contributed by atoms with Gasteiger partial charge in [0.05, 0.1) is 5.25 Å². The quantitative estimate of drug-likeness (QED) is 0.861. The first-order valence-electron chi connectivity index (χ1n) is 8.54. The van der Waals surface area contributed by atoms with Crippen LogP contribution in [-0.2, 0) is 9.84 Å². The van der Waals surface area contributed by atoms with E-state index >= 15 is 0 Å². The maximum Gasteiger partial charge on any atom is 0.317 e. The molecule has 6 heteroatoms. The van der Waals surface area contributed by atoms with E-state index in [1.54, 1.807) is 4.90 Å². The second-order valence-electron chi connectivity index (χ2n) is 7.12. The zero-order chi connectivity index (χ0) is 16.4. The summed E-state index contributed by atoms with van der Waals surface area (Å²) in [4.78, 5) is 14.0. The van der Waals surface area contributed by atoms with Crippen LogP contribution >= 0.6 is 0 Å². The molecule has 0 bridgehead atoms. The number of urea groups is 1. The van der Waals surface area contributed by atoms with Crippen LogP contribution in [-0.4, -0.2) is 50.0 Å². The van der Waals surface area contributed by atoms with E-state index in [0.717, 1.165) is 12.8 Å². The monoisotopic (exact) mass is 330 g/mol. The van der Waals surface area contributed by atoms with Crippen LogP contribution in [0.1, 0.15) is 58.8 Å². The van der Waals surface area contributed by atoms with Gasteiger partial charge >= 0.3 is 6.03 Å². The van der Waals surface area contributed by atoms with Crippen LogP contribution < -0.4 is 5.32 Å². The third-order valence-electron chi connectivity index (χ3n) is 5.91. The highest BCUT2D eigenvalue weighted by Crippen LogP contribution is 2.41. The highest BCUT2D eigenvalue weighted by molar-refractivity contribution is 7.91. The summed E-state index contributed by atoms with van der Waals surface area (Å²) < 4.78 is 23.1. The lowest BCUT2D eigenvalue weighted by Crippen LogP contribution is -2.46. The second kappa shape index (κ2) is 6.77. The van der Waals surface area contributed by atoms with Crippen molar-refractivity contribution >= 4 is 15.9 Å². The van der Waals surface area contributed by atoms with Crippen molar-refractivity contribution in [3.8, 4) is 0 Å². The number of carbonyl (C=O) groups is 1. The number of nitrogens with one attached hydrogen (secondary N) is 1. The van der Waals surface area contributed by atoms with E-state index in [9.17, 15) is 13.2 Å². The summed E-state index contributed by atoms with van der Waals surface area (Å²) in [6, 6.07) is 0.160. The minimum atomic E-state index is -3.05. The molecule has 5 nitrogen and oxygen atoms in total. The predicted octanol–water partition coefficient (Wildman–Crippen LogP) is 2.56. The van der Waals surface area contributed by atoms with Crippen molar-refractivity contribution in [2.75, 3.05) is 19.3 Å². The zero-order valence-corrected chi connectivity index (χ0v) is 14.9. The first-order chi connectivity index (χ1) is 10.3. The molecule has 0 aromatic rings. The van der Waals surface area contributed by atoms with Crippen molar-refractivity contribution in [2.45, 2.75) is 70.1 Å². The van der Waals surface area contributed by atoms with E-state index in [1.165, 1.54) is 31.9 Å². The van der Waals surface area contributed by atoms with Gasteiger partial charge in [-0.3, -0.25) is 0 Å². The Bertz CT molecular complexity index is 490. The average molecular weight is 330 g/mol. The van der Waals surface area contributed by atoms with Crippen molar-refractivity contribution in [1.29, 1.82) is 0 Å². The maximum absolute atomic E-state index is 12.3. The number of rotatable bonds is 4. The number of amides is 2. The fraction of sp³-hybridized carbons (Fsp3) is 0.938. The SMILES string of the molecule is CCC1(CC)CCC(NC(=O)N2CC[C@@H](S(C)(=O)=O)C2)CC1. The van der Waals surface area contributed by atoms with Gasteiger partial charge in [-0.15, -0.1) is 0 Å². The van der Waals surface area contributed by atoms with Gasteiger partial charge < -0.3 is 10.2 Å². The topological polar surface area (TPSA) is 66.5 Å². The Balaban J connectivity index is 1.82. The van der Waals surface area contributed by atoms with Crippen LogP contribution in [0.25, 0.3) is 0 Å². The number of hydrogen-bond acceptors (Lipinski definition) is 3. The molecule has 2 aliphatic rings. The van der Waals surface area contributed by atoms with Crippen LogP contribution in [0.3, 0.4) is 0 Å². The van der Waals surface area contributed by atoms with Gasteiger partial charge in [-0.05, 0) is 37.5 Å². The zero-order valence-electron chi connectivity index (χ0n) is 14.1. The molecule has 1 aliphatic heterocycles. The fourth-order valence-corrected chi connectivity index (χ4v) is 4.84. The lowest BCUT2D eigenvalue weighted by molar-refractivity contribution is 0.144. The highest BCUT2D eigenvalue weighted by atomic mass is 32.2. The van der Waals surface area contributed by atoms with E-state index in [4.69, 9.17) is 0 Å². The first-order valence-corrected chi connectivity index (χ1v) is 10.5.